The number of nitrogens with one attached hydrogen (secondary N) is 1. The highest BCUT2D eigenvalue weighted by molar-refractivity contribution is 7.19. The molecule has 5 nitrogen and oxygen atoms in total. The van der Waals surface area contributed by atoms with Crippen LogP contribution in [0.1, 0.15) is 11.3 Å². The molecule has 3 heterocycles. The van der Waals surface area contributed by atoms with Crippen molar-refractivity contribution in [3.05, 3.63) is 44.1 Å². The van der Waals surface area contributed by atoms with Gasteiger partial charge in [-0.3, -0.25) is 9.59 Å². The Morgan fingerprint density at radius 2 is 2.24 bits per heavy atom. The molecule has 0 unspecified atom stereocenters. The van der Waals surface area contributed by atoms with Gasteiger partial charge in [-0.1, -0.05) is 11.6 Å². The van der Waals surface area contributed by atoms with E-state index in [0.717, 1.165) is 0 Å². The van der Waals surface area contributed by atoms with Crippen molar-refractivity contribution in [3.8, 4) is 10.6 Å². The van der Waals surface area contributed by atoms with Crippen LogP contribution < -0.4 is 5.56 Å². The van der Waals surface area contributed by atoms with Crippen LogP contribution in [0.3, 0.4) is 0 Å². The van der Waals surface area contributed by atoms with Gasteiger partial charge in [0.1, 0.15) is 11.3 Å². The predicted molar refractivity (Wildman–Crippen MR) is 81.2 cm³/mol. The molecule has 108 valence electrons. The van der Waals surface area contributed by atoms with E-state index in [-0.39, 0.29) is 17.4 Å². The van der Waals surface area contributed by atoms with Gasteiger partial charge in [-0.2, -0.15) is 0 Å². The zero-order valence-electron chi connectivity index (χ0n) is 10.9. The van der Waals surface area contributed by atoms with E-state index < -0.39 is 5.97 Å². The first-order chi connectivity index (χ1) is 9.95. The smallest absolute Gasteiger partial charge is 0.307 e. The molecule has 0 atom stereocenters. The lowest BCUT2D eigenvalue weighted by Gasteiger charge is -1.97. The molecule has 3 rings (SSSR count). The summed E-state index contributed by atoms with van der Waals surface area (Å²) in [5.74, 6) is -0.637. The molecule has 0 saturated carbocycles. The molecular weight excluding hydrogens is 314 g/mol. The van der Waals surface area contributed by atoms with Crippen LogP contribution in [-0.4, -0.2) is 16.1 Å². The number of hydrogen-bond donors (Lipinski definition) is 2. The van der Waals surface area contributed by atoms with Crippen LogP contribution in [0.2, 0.25) is 4.34 Å². The molecule has 21 heavy (non-hydrogen) atoms. The molecule has 3 aromatic rings. The second kappa shape index (κ2) is 5.05. The largest absolute Gasteiger partial charge is 0.481 e. The van der Waals surface area contributed by atoms with Crippen LogP contribution in [0.5, 0.6) is 0 Å². The predicted octanol–water partition coefficient (Wildman–Crippen LogP) is 3.44. The van der Waals surface area contributed by atoms with Crippen molar-refractivity contribution in [3.63, 3.8) is 0 Å². The number of aromatic nitrogens is 1. The van der Waals surface area contributed by atoms with Crippen molar-refractivity contribution in [1.82, 2.24) is 4.98 Å². The Kier molecular flexibility index (Phi) is 3.35. The number of thiophene rings is 1. The molecule has 0 amide bonds. The number of carboxylic acids is 1. The minimum atomic E-state index is -1.03. The minimum Gasteiger partial charge on any atom is -0.481 e. The summed E-state index contributed by atoms with van der Waals surface area (Å²) in [4.78, 5) is 26.6. The molecule has 0 saturated heterocycles. The molecule has 7 heteroatoms. The summed E-state index contributed by atoms with van der Waals surface area (Å²) in [7, 11) is 0. The quantitative estimate of drug-likeness (QED) is 0.773. The maximum atomic E-state index is 12.1. The summed E-state index contributed by atoms with van der Waals surface area (Å²) in [5.41, 5.74) is 1.06. The fourth-order valence-electron chi connectivity index (χ4n) is 2.26. The Morgan fingerprint density at radius 1 is 1.48 bits per heavy atom. The van der Waals surface area contributed by atoms with E-state index in [4.69, 9.17) is 21.1 Å². The van der Waals surface area contributed by atoms with Crippen molar-refractivity contribution in [2.24, 2.45) is 0 Å². The van der Waals surface area contributed by atoms with Crippen molar-refractivity contribution >= 4 is 39.9 Å². The number of aromatic amines is 1. The number of H-pyrrole nitrogens is 1. The summed E-state index contributed by atoms with van der Waals surface area (Å²) in [6.45, 7) is 1.74. The number of hydrogen-bond acceptors (Lipinski definition) is 4. The number of aliphatic carboxylic acids is 1. The number of pyridine rings is 1. The average Bonchev–Trinajstić information content (AvgIpc) is 2.93. The molecule has 3 aromatic heterocycles. The standard InChI is InChI=1S/C14H10ClNO4S/c1-6-4-8-12(14(19)16-6)7(5-11(17)18)13(20-8)9-2-3-10(15)21-9/h2-4H,5H2,1H3,(H,16,19)(H,17,18). The van der Waals surface area contributed by atoms with Crippen molar-refractivity contribution in [1.29, 1.82) is 0 Å². The average molecular weight is 324 g/mol. The normalized spacial score (nSPS) is 11.1. The third-order valence-electron chi connectivity index (χ3n) is 3.04. The van der Waals surface area contributed by atoms with Crippen LogP contribution in [0.15, 0.2) is 27.4 Å². The second-order valence-corrected chi connectivity index (χ2v) is 6.32. The highest BCUT2D eigenvalue weighted by Gasteiger charge is 2.22. The van der Waals surface area contributed by atoms with Crippen LogP contribution in [0, 0.1) is 6.92 Å². The van der Waals surface area contributed by atoms with Crippen molar-refractivity contribution < 1.29 is 14.3 Å². The molecule has 0 aliphatic heterocycles. The summed E-state index contributed by atoms with van der Waals surface area (Å²) in [6.07, 6.45) is -0.288. The number of carbonyl (C=O) groups is 1. The topological polar surface area (TPSA) is 83.3 Å². The van der Waals surface area contributed by atoms with E-state index in [1.54, 1.807) is 25.1 Å². The molecule has 0 bridgehead atoms. The van der Waals surface area contributed by atoms with Gasteiger partial charge in [0.05, 0.1) is 21.0 Å². The van der Waals surface area contributed by atoms with Gasteiger partial charge in [0.2, 0.25) is 0 Å². The minimum absolute atomic E-state index is 0.280. The maximum Gasteiger partial charge on any atom is 0.307 e. The number of rotatable bonds is 3. The third kappa shape index (κ3) is 2.48. The van der Waals surface area contributed by atoms with Gasteiger partial charge in [0.25, 0.3) is 5.56 Å². The number of furan rings is 1. The van der Waals surface area contributed by atoms with Gasteiger partial charge >= 0.3 is 5.97 Å². The monoisotopic (exact) mass is 323 g/mol. The molecule has 0 aromatic carbocycles. The molecule has 0 aliphatic rings. The summed E-state index contributed by atoms with van der Waals surface area (Å²) in [5, 5.41) is 9.37. The van der Waals surface area contributed by atoms with Gasteiger partial charge in [0.15, 0.2) is 0 Å². The zero-order chi connectivity index (χ0) is 15.1. The zero-order valence-corrected chi connectivity index (χ0v) is 12.5. The molecule has 0 spiro atoms. The molecule has 2 N–H and O–H groups in total. The third-order valence-corrected chi connectivity index (χ3v) is 4.27. The van der Waals surface area contributed by atoms with Crippen LogP contribution in [-0.2, 0) is 11.2 Å². The Labute approximate surface area is 127 Å². The fourth-order valence-corrected chi connectivity index (χ4v) is 3.32. The molecule has 0 aliphatic carbocycles. The van der Waals surface area contributed by atoms with Crippen LogP contribution in [0.25, 0.3) is 21.6 Å². The van der Waals surface area contributed by atoms with Gasteiger partial charge in [-0.05, 0) is 19.1 Å². The SMILES string of the molecule is Cc1cc2oc(-c3ccc(Cl)s3)c(CC(=O)O)c2c(=O)[nH]1. The fraction of sp³-hybridized carbons (Fsp3) is 0.143. The molecule has 0 fully saturated rings. The first kappa shape index (κ1) is 13.9. The van der Waals surface area contributed by atoms with Gasteiger partial charge in [0, 0.05) is 17.3 Å². The summed E-state index contributed by atoms with van der Waals surface area (Å²) >= 11 is 7.19. The molecular formula is C14H10ClNO4S. The lowest BCUT2D eigenvalue weighted by Crippen LogP contribution is -2.10. The number of carboxylic acid groups (broad SMARTS) is 1. The highest BCUT2D eigenvalue weighted by atomic mass is 35.5. The molecule has 0 radical (unpaired) electrons. The lowest BCUT2D eigenvalue weighted by atomic mass is 10.1. The number of halogens is 1. The highest BCUT2D eigenvalue weighted by Crippen LogP contribution is 2.37. The van der Waals surface area contributed by atoms with E-state index in [1.165, 1.54) is 11.3 Å². The Bertz CT molecular complexity index is 905. The summed E-state index contributed by atoms with van der Waals surface area (Å²) in [6, 6.07) is 5.13. The maximum absolute atomic E-state index is 12.1. The Hall–Kier alpha value is -2.05. The van der Waals surface area contributed by atoms with E-state index in [2.05, 4.69) is 4.98 Å². The number of fused-ring (bicyclic) bond motifs is 1. The first-order valence-electron chi connectivity index (χ1n) is 6.08. The van der Waals surface area contributed by atoms with E-state index in [0.29, 0.717) is 31.8 Å². The van der Waals surface area contributed by atoms with E-state index >= 15 is 0 Å². The van der Waals surface area contributed by atoms with E-state index in [9.17, 15) is 9.59 Å². The van der Waals surface area contributed by atoms with Gasteiger partial charge in [-0.25, -0.2) is 0 Å². The number of aryl methyl sites for hydroxylation is 1. The van der Waals surface area contributed by atoms with Gasteiger partial charge in [-0.15, -0.1) is 11.3 Å². The Balaban J connectivity index is 2.35. The first-order valence-corrected chi connectivity index (χ1v) is 7.28. The Morgan fingerprint density at radius 3 is 2.86 bits per heavy atom. The lowest BCUT2D eigenvalue weighted by molar-refractivity contribution is -0.136. The van der Waals surface area contributed by atoms with Gasteiger partial charge < -0.3 is 14.5 Å². The van der Waals surface area contributed by atoms with Crippen molar-refractivity contribution in [2.45, 2.75) is 13.3 Å². The van der Waals surface area contributed by atoms with Crippen LogP contribution >= 0.6 is 22.9 Å². The summed E-state index contributed by atoms with van der Waals surface area (Å²) < 4.78 is 6.30. The van der Waals surface area contributed by atoms with Crippen LogP contribution in [0.4, 0.5) is 0 Å². The van der Waals surface area contributed by atoms with E-state index in [1.807, 2.05) is 0 Å². The second-order valence-electron chi connectivity index (χ2n) is 4.60. The van der Waals surface area contributed by atoms with Crippen molar-refractivity contribution in [2.75, 3.05) is 0 Å².